The fourth-order valence-corrected chi connectivity index (χ4v) is 1.95. The average molecular weight is 169 g/mol. The molecule has 2 nitrogen and oxygen atoms in total. The zero-order valence-electron chi connectivity index (χ0n) is 8.31. The lowest BCUT2D eigenvalue weighted by atomic mass is 9.78. The molecule has 0 radical (unpaired) electrons. The van der Waals surface area contributed by atoms with Gasteiger partial charge in [-0.05, 0) is 38.5 Å². The zero-order chi connectivity index (χ0) is 9.19. The normalized spacial score (nSPS) is 36.1. The second kappa shape index (κ2) is 3.46. The third kappa shape index (κ3) is 2.50. The summed E-state index contributed by atoms with van der Waals surface area (Å²) < 4.78 is 0. The Morgan fingerprint density at radius 1 is 1.42 bits per heavy atom. The van der Waals surface area contributed by atoms with Crippen molar-refractivity contribution in [1.82, 2.24) is 5.32 Å². The van der Waals surface area contributed by atoms with E-state index in [4.69, 9.17) is 0 Å². The molecule has 1 rings (SSSR count). The average Bonchev–Trinajstić information content (AvgIpc) is 1.94. The molecular formula is C10H19NO. The molecule has 0 bridgehead atoms. The Balaban J connectivity index is 2.44. The van der Waals surface area contributed by atoms with Crippen LogP contribution >= 0.6 is 0 Å². The van der Waals surface area contributed by atoms with E-state index in [9.17, 15) is 4.79 Å². The molecule has 2 heteroatoms. The Labute approximate surface area is 74.7 Å². The monoisotopic (exact) mass is 169 g/mol. The highest BCUT2D eigenvalue weighted by molar-refractivity contribution is 5.73. The summed E-state index contributed by atoms with van der Waals surface area (Å²) >= 11 is 0. The maximum absolute atomic E-state index is 10.9. The van der Waals surface area contributed by atoms with Crippen LogP contribution in [0.3, 0.4) is 0 Å². The first-order valence-corrected chi connectivity index (χ1v) is 4.81. The van der Waals surface area contributed by atoms with E-state index in [1.54, 1.807) is 6.92 Å². The van der Waals surface area contributed by atoms with Crippen molar-refractivity contribution in [2.24, 2.45) is 5.92 Å². The first kappa shape index (κ1) is 9.56. The molecule has 0 heterocycles. The summed E-state index contributed by atoms with van der Waals surface area (Å²) in [5, 5.41) is 3.04. The maximum atomic E-state index is 10.9. The van der Waals surface area contributed by atoms with Crippen LogP contribution in [0, 0.1) is 5.92 Å². The summed E-state index contributed by atoms with van der Waals surface area (Å²) in [5.41, 5.74) is 0.0817. The van der Waals surface area contributed by atoms with Gasteiger partial charge < -0.3 is 5.32 Å². The number of carbonyl (C=O) groups excluding carboxylic acids is 1. The van der Waals surface area contributed by atoms with Crippen molar-refractivity contribution in [2.75, 3.05) is 0 Å². The fraction of sp³-hybridized carbons (Fsp3) is 0.900. The smallest absolute Gasteiger partial charge is 0.217 e. The van der Waals surface area contributed by atoms with Gasteiger partial charge >= 0.3 is 0 Å². The van der Waals surface area contributed by atoms with E-state index in [1.807, 2.05) is 0 Å². The molecule has 1 saturated carbocycles. The Hall–Kier alpha value is -0.530. The molecule has 0 aromatic rings. The second-order valence-electron chi connectivity index (χ2n) is 4.42. The van der Waals surface area contributed by atoms with Gasteiger partial charge in [-0.3, -0.25) is 4.79 Å². The van der Waals surface area contributed by atoms with Gasteiger partial charge in [0.05, 0.1) is 0 Å². The second-order valence-corrected chi connectivity index (χ2v) is 4.42. The van der Waals surface area contributed by atoms with Crippen molar-refractivity contribution < 1.29 is 4.79 Å². The van der Waals surface area contributed by atoms with Crippen LogP contribution in [0.4, 0.5) is 0 Å². The number of rotatable bonds is 1. The Morgan fingerprint density at radius 2 is 1.92 bits per heavy atom. The Morgan fingerprint density at radius 3 is 2.33 bits per heavy atom. The van der Waals surface area contributed by atoms with E-state index in [0.29, 0.717) is 0 Å². The summed E-state index contributed by atoms with van der Waals surface area (Å²) in [5.74, 6) is 0.943. The zero-order valence-corrected chi connectivity index (χ0v) is 8.31. The van der Waals surface area contributed by atoms with Crippen molar-refractivity contribution in [2.45, 2.75) is 52.0 Å². The van der Waals surface area contributed by atoms with Gasteiger partial charge in [-0.15, -0.1) is 0 Å². The maximum Gasteiger partial charge on any atom is 0.217 e. The Kier molecular flexibility index (Phi) is 2.76. The summed E-state index contributed by atoms with van der Waals surface area (Å²) in [4.78, 5) is 10.9. The third-order valence-electron chi connectivity index (χ3n) is 2.86. The lowest BCUT2D eigenvalue weighted by Crippen LogP contribution is -2.47. The first-order valence-electron chi connectivity index (χ1n) is 4.81. The number of nitrogens with one attached hydrogen (secondary N) is 1. The highest BCUT2D eigenvalue weighted by Crippen LogP contribution is 2.31. The summed E-state index contributed by atoms with van der Waals surface area (Å²) in [6.07, 6.45) is 4.76. The number of carbonyl (C=O) groups is 1. The predicted molar refractivity (Wildman–Crippen MR) is 49.9 cm³/mol. The predicted octanol–water partition coefficient (Wildman–Crippen LogP) is 2.09. The lowest BCUT2D eigenvalue weighted by molar-refractivity contribution is -0.121. The van der Waals surface area contributed by atoms with Gasteiger partial charge in [-0.2, -0.15) is 0 Å². The Bertz CT molecular complexity index is 169. The first-order chi connectivity index (χ1) is 5.52. The molecule has 0 saturated heterocycles. The van der Waals surface area contributed by atoms with Gasteiger partial charge in [0.2, 0.25) is 5.91 Å². The molecule has 1 aliphatic carbocycles. The molecular weight excluding hydrogens is 150 g/mol. The van der Waals surface area contributed by atoms with E-state index in [0.717, 1.165) is 18.8 Å². The van der Waals surface area contributed by atoms with Crippen LogP contribution in [0.15, 0.2) is 0 Å². The van der Waals surface area contributed by atoms with Crippen LogP contribution in [-0.2, 0) is 4.79 Å². The standard InChI is InChI=1S/C10H19NO/c1-8-4-6-10(3,7-5-8)11-9(2)12/h8H,4-7H2,1-3H3,(H,11,12). The van der Waals surface area contributed by atoms with Crippen molar-refractivity contribution in [3.63, 3.8) is 0 Å². The molecule has 1 N–H and O–H groups in total. The van der Waals surface area contributed by atoms with Crippen molar-refractivity contribution >= 4 is 5.91 Å². The van der Waals surface area contributed by atoms with Crippen LogP contribution in [0.25, 0.3) is 0 Å². The van der Waals surface area contributed by atoms with E-state index in [-0.39, 0.29) is 11.4 Å². The molecule has 0 aliphatic heterocycles. The molecule has 0 atom stereocenters. The molecule has 1 fully saturated rings. The largest absolute Gasteiger partial charge is 0.351 e. The molecule has 12 heavy (non-hydrogen) atoms. The molecule has 1 amide bonds. The minimum absolute atomic E-state index is 0.0817. The van der Waals surface area contributed by atoms with E-state index in [2.05, 4.69) is 19.2 Å². The third-order valence-corrected chi connectivity index (χ3v) is 2.86. The number of amides is 1. The SMILES string of the molecule is CC(=O)NC1(C)CCC(C)CC1. The van der Waals surface area contributed by atoms with Gasteiger partial charge in [-0.1, -0.05) is 6.92 Å². The molecule has 0 spiro atoms. The summed E-state index contributed by atoms with van der Waals surface area (Å²) in [7, 11) is 0. The minimum Gasteiger partial charge on any atom is -0.351 e. The van der Waals surface area contributed by atoms with E-state index < -0.39 is 0 Å². The lowest BCUT2D eigenvalue weighted by Gasteiger charge is -2.36. The van der Waals surface area contributed by atoms with Gasteiger partial charge in [0.1, 0.15) is 0 Å². The van der Waals surface area contributed by atoms with Crippen LogP contribution in [0.5, 0.6) is 0 Å². The highest BCUT2D eigenvalue weighted by Gasteiger charge is 2.29. The van der Waals surface area contributed by atoms with E-state index >= 15 is 0 Å². The van der Waals surface area contributed by atoms with Crippen LogP contribution < -0.4 is 5.32 Å². The van der Waals surface area contributed by atoms with Crippen LogP contribution in [0.2, 0.25) is 0 Å². The fourth-order valence-electron chi connectivity index (χ4n) is 1.95. The van der Waals surface area contributed by atoms with Crippen LogP contribution in [0.1, 0.15) is 46.5 Å². The van der Waals surface area contributed by atoms with Gasteiger partial charge in [0.25, 0.3) is 0 Å². The minimum atomic E-state index is 0.0817. The highest BCUT2D eigenvalue weighted by atomic mass is 16.1. The van der Waals surface area contributed by atoms with Crippen molar-refractivity contribution in [3.05, 3.63) is 0 Å². The van der Waals surface area contributed by atoms with Gasteiger partial charge in [0.15, 0.2) is 0 Å². The topological polar surface area (TPSA) is 29.1 Å². The molecule has 0 aromatic carbocycles. The molecule has 1 aliphatic rings. The number of hydrogen-bond acceptors (Lipinski definition) is 1. The van der Waals surface area contributed by atoms with Crippen LogP contribution in [-0.4, -0.2) is 11.4 Å². The molecule has 0 aromatic heterocycles. The van der Waals surface area contributed by atoms with Gasteiger partial charge in [-0.25, -0.2) is 0 Å². The van der Waals surface area contributed by atoms with Crippen molar-refractivity contribution in [1.29, 1.82) is 0 Å². The van der Waals surface area contributed by atoms with Gasteiger partial charge in [0, 0.05) is 12.5 Å². The molecule has 0 unspecified atom stereocenters. The summed E-state index contributed by atoms with van der Waals surface area (Å²) in [6, 6.07) is 0. The summed E-state index contributed by atoms with van der Waals surface area (Å²) in [6.45, 7) is 6.04. The quantitative estimate of drug-likeness (QED) is 0.640. The van der Waals surface area contributed by atoms with Crippen molar-refractivity contribution in [3.8, 4) is 0 Å². The van der Waals surface area contributed by atoms with E-state index in [1.165, 1.54) is 12.8 Å². The molecule has 70 valence electrons. The number of hydrogen-bond donors (Lipinski definition) is 1.